The fourth-order valence-electron chi connectivity index (χ4n) is 0.143. The van der Waals surface area contributed by atoms with Crippen molar-refractivity contribution < 1.29 is 19.8 Å². The summed E-state index contributed by atoms with van der Waals surface area (Å²) >= 11 is 0. The van der Waals surface area contributed by atoms with Crippen molar-refractivity contribution in [2.45, 2.75) is 0 Å². The van der Waals surface area contributed by atoms with Gasteiger partial charge in [0.15, 0.2) is 0 Å². The molecule has 0 aromatic heterocycles. The van der Waals surface area contributed by atoms with E-state index in [4.69, 9.17) is 10.2 Å². The van der Waals surface area contributed by atoms with E-state index < -0.39 is 11.9 Å². The topological polar surface area (TPSA) is 74.6 Å². The molecule has 0 amide bonds. The first kappa shape index (κ1) is 10.8. The van der Waals surface area contributed by atoms with Gasteiger partial charge in [0.2, 0.25) is 0 Å². The van der Waals surface area contributed by atoms with Crippen LogP contribution in [-0.2, 0) is 9.59 Å². The Bertz CT molecular complexity index is 124. The van der Waals surface area contributed by atoms with Crippen LogP contribution in [0.3, 0.4) is 0 Å². The zero-order valence-electron chi connectivity index (χ0n) is 3.87. The Morgan fingerprint density at radius 1 is 1.00 bits per heavy atom. The van der Waals surface area contributed by atoms with Crippen LogP contribution >= 0.6 is 0 Å². The van der Waals surface area contributed by atoms with E-state index >= 15 is 0 Å². The second kappa shape index (κ2) is 4.99. The van der Waals surface area contributed by atoms with Gasteiger partial charge < -0.3 is 10.2 Å². The monoisotopic (exact) mass is 127 g/mol. The molecule has 5 heteroatoms. The molecule has 0 atom stereocenters. The first-order chi connectivity index (χ1) is 3.63. The van der Waals surface area contributed by atoms with Gasteiger partial charge in [0, 0.05) is 12.2 Å². The van der Waals surface area contributed by atoms with Crippen molar-refractivity contribution in [3.8, 4) is 0 Å². The minimum atomic E-state index is -1.26. The van der Waals surface area contributed by atoms with E-state index in [-0.39, 0.29) is 10.1 Å². The van der Waals surface area contributed by atoms with E-state index in [2.05, 4.69) is 0 Å². The Labute approximate surface area is 55.0 Å². The molecule has 48 valence electrons. The van der Waals surface area contributed by atoms with Crippen LogP contribution in [0.5, 0.6) is 0 Å². The van der Waals surface area contributed by atoms with Crippen molar-refractivity contribution in [3.05, 3.63) is 12.2 Å². The molecular weight excluding hydrogens is 121 g/mol. The number of aliphatic carboxylic acids is 2. The molecule has 0 heterocycles. The van der Waals surface area contributed by atoms with E-state index in [1.54, 1.807) is 0 Å². The third-order valence-corrected chi connectivity index (χ3v) is 0.368. The summed E-state index contributed by atoms with van der Waals surface area (Å²) < 4.78 is 0. The molecule has 0 unspecified atom stereocenters. The number of hydrogen-bond donors (Lipinski definition) is 2. The minimum absolute atomic E-state index is 0. The van der Waals surface area contributed by atoms with Crippen LogP contribution in [0, 0.1) is 0 Å². The molecule has 0 aromatic carbocycles. The average molecular weight is 127 g/mol. The van der Waals surface area contributed by atoms with Crippen molar-refractivity contribution in [1.82, 2.24) is 0 Å². The van der Waals surface area contributed by atoms with Gasteiger partial charge in [-0.2, -0.15) is 0 Å². The quantitative estimate of drug-likeness (QED) is 0.360. The summed E-state index contributed by atoms with van der Waals surface area (Å²) in [4.78, 5) is 19.1. The summed E-state index contributed by atoms with van der Waals surface area (Å²) in [6.45, 7) is 0. The number of hydrogen-bond acceptors (Lipinski definition) is 2. The normalized spacial score (nSPS) is 8.44. The molecular formula is C4H6BeO4. The summed E-state index contributed by atoms with van der Waals surface area (Å²) in [6.07, 6.45) is 1.12. The van der Waals surface area contributed by atoms with E-state index in [0.717, 1.165) is 0 Å². The van der Waals surface area contributed by atoms with Crippen LogP contribution in [0.25, 0.3) is 0 Å². The molecule has 4 nitrogen and oxygen atoms in total. The van der Waals surface area contributed by atoms with Crippen LogP contribution in [0.1, 0.15) is 0 Å². The fourth-order valence-corrected chi connectivity index (χ4v) is 0.143. The zero-order chi connectivity index (χ0) is 6.57. The van der Waals surface area contributed by atoms with Crippen molar-refractivity contribution in [3.63, 3.8) is 0 Å². The van der Waals surface area contributed by atoms with E-state index in [1.807, 2.05) is 0 Å². The summed E-state index contributed by atoms with van der Waals surface area (Å²) in [6, 6.07) is 0. The summed E-state index contributed by atoms with van der Waals surface area (Å²) in [5.41, 5.74) is 0. The van der Waals surface area contributed by atoms with E-state index in [0.29, 0.717) is 12.2 Å². The van der Waals surface area contributed by atoms with Gasteiger partial charge in [-0.15, -0.1) is 0 Å². The first-order valence-electron chi connectivity index (χ1n) is 1.77. The van der Waals surface area contributed by atoms with Crippen LogP contribution < -0.4 is 0 Å². The number of carbonyl (C=O) groups is 2. The molecule has 0 radical (unpaired) electrons. The van der Waals surface area contributed by atoms with Crippen LogP contribution in [0.15, 0.2) is 12.2 Å². The summed E-state index contributed by atoms with van der Waals surface area (Å²) in [5.74, 6) is -2.51. The Hall–Kier alpha value is -1.15. The van der Waals surface area contributed by atoms with Crippen molar-refractivity contribution >= 4 is 22.1 Å². The second-order valence-corrected chi connectivity index (χ2v) is 1.01. The van der Waals surface area contributed by atoms with E-state index in [1.165, 1.54) is 0 Å². The van der Waals surface area contributed by atoms with Gasteiger partial charge in [0.05, 0.1) is 0 Å². The molecule has 0 bridgehead atoms. The van der Waals surface area contributed by atoms with Gasteiger partial charge in [0.25, 0.3) is 0 Å². The van der Waals surface area contributed by atoms with Crippen molar-refractivity contribution in [1.29, 1.82) is 0 Å². The average Bonchev–Trinajstić information content (AvgIpc) is 1.61. The Kier molecular flexibility index (Phi) is 5.97. The number of carboxylic acid groups (broad SMARTS) is 2. The first-order valence-corrected chi connectivity index (χ1v) is 1.77. The van der Waals surface area contributed by atoms with Gasteiger partial charge in [-0.25, -0.2) is 9.59 Å². The van der Waals surface area contributed by atoms with E-state index in [9.17, 15) is 9.59 Å². The third kappa shape index (κ3) is 10.9. The van der Waals surface area contributed by atoms with Gasteiger partial charge in [-0.3, -0.25) is 0 Å². The zero-order valence-corrected chi connectivity index (χ0v) is 3.87. The molecule has 0 aliphatic carbocycles. The standard InChI is InChI=1S/C4H4O4.Be.2H/c5-3(6)1-2-4(7)8;;;/h1-2H,(H,5,6)(H,7,8);;;/b2-1-;;;. The number of carboxylic acids is 2. The van der Waals surface area contributed by atoms with Crippen LogP contribution in [-0.4, -0.2) is 32.3 Å². The molecule has 0 saturated carbocycles. The fraction of sp³-hybridized carbons (Fsp3) is 0. The predicted molar refractivity (Wildman–Crippen MR) is 33.0 cm³/mol. The van der Waals surface area contributed by atoms with Gasteiger partial charge >= 0.3 is 22.1 Å². The number of rotatable bonds is 2. The molecule has 0 aliphatic rings. The Morgan fingerprint density at radius 3 is 1.33 bits per heavy atom. The molecule has 9 heavy (non-hydrogen) atoms. The Morgan fingerprint density at radius 2 is 1.22 bits per heavy atom. The molecule has 0 fully saturated rings. The molecule has 0 rings (SSSR count). The Balaban J connectivity index is 0. The third-order valence-electron chi connectivity index (χ3n) is 0.368. The maximum absolute atomic E-state index is 9.55. The van der Waals surface area contributed by atoms with Crippen molar-refractivity contribution in [2.75, 3.05) is 0 Å². The second-order valence-electron chi connectivity index (χ2n) is 1.01. The molecule has 0 aromatic rings. The van der Waals surface area contributed by atoms with Crippen LogP contribution in [0.2, 0.25) is 0 Å². The van der Waals surface area contributed by atoms with Crippen molar-refractivity contribution in [2.24, 2.45) is 0 Å². The molecule has 0 saturated heterocycles. The van der Waals surface area contributed by atoms with Gasteiger partial charge in [-0.1, -0.05) is 0 Å². The molecule has 0 spiro atoms. The SMILES string of the molecule is O=C(O)/C=C\C(=O)O.[BeH2]. The summed E-state index contributed by atoms with van der Waals surface area (Å²) in [5, 5.41) is 15.6. The maximum atomic E-state index is 9.55. The van der Waals surface area contributed by atoms with Gasteiger partial charge in [-0.05, 0) is 0 Å². The summed E-state index contributed by atoms with van der Waals surface area (Å²) in [7, 11) is 0. The molecule has 0 aliphatic heterocycles. The molecule has 2 N–H and O–H groups in total. The van der Waals surface area contributed by atoms with Crippen LogP contribution in [0.4, 0.5) is 0 Å². The van der Waals surface area contributed by atoms with Gasteiger partial charge in [0.1, 0.15) is 0 Å². The predicted octanol–water partition coefficient (Wildman–Crippen LogP) is -1.20.